The third-order valence-corrected chi connectivity index (χ3v) is 4.25. The summed E-state index contributed by atoms with van der Waals surface area (Å²) in [4.78, 5) is 17.0. The highest BCUT2D eigenvalue weighted by molar-refractivity contribution is 5.91. The van der Waals surface area contributed by atoms with Crippen LogP contribution in [0.4, 0.5) is 0 Å². The molecule has 0 bridgehead atoms. The van der Waals surface area contributed by atoms with Gasteiger partial charge in [0.25, 0.3) is 0 Å². The second-order valence-corrected chi connectivity index (χ2v) is 5.96. The maximum Gasteiger partial charge on any atom is 0.339 e. The third-order valence-electron chi connectivity index (χ3n) is 4.25. The average molecular weight is 289 g/mol. The van der Waals surface area contributed by atoms with E-state index in [-0.39, 0.29) is 5.97 Å². The molecular weight excluding hydrogens is 262 g/mol. The van der Waals surface area contributed by atoms with Crippen molar-refractivity contribution in [3.63, 3.8) is 0 Å². The molecule has 1 atom stereocenters. The van der Waals surface area contributed by atoms with E-state index in [0.29, 0.717) is 12.2 Å². The predicted molar refractivity (Wildman–Crippen MR) is 84.6 cm³/mol. The first kappa shape index (κ1) is 16.0. The molecule has 0 fully saturated rings. The molecule has 116 valence electrons. The van der Waals surface area contributed by atoms with E-state index < -0.39 is 0 Å². The van der Waals surface area contributed by atoms with Crippen LogP contribution in [0.15, 0.2) is 6.07 Å². The Hall–Kier alpha value is -1.38. The van der Waals surface area contributed by atoms with Crippen LogP contribution in [0.2, 0.25) is 0 Å². The molecule has 1 aliphatic rings. The zero-order valence-electron chi connectivity index (χ0n) is 13.6. The van der Waals surface area contributed by atoms with Crippen molar-refractivity contribution in [1.29, 1.82) is 0 Å². The Bertz CT molecular complexity index is 496. The number of hydrogen-bond donors (Lipinski definition) is 0. The fourth-order valence-electron chi connectivity index (χ4n) is 3.25. The van der Waals surface area contributed by atoms with Crippen LogP contribution < -0.4 is 0 Å². The molecule has 0 aliphatic heterocycles. The summed E-state index contributed by atoms with van der Waals surface area (Å²) in [5.41, 5.74) is 4.08. The minimum absolute atomic E-state index is 0.214. The molecule has 0 aromatic carbocycles. The highest BCUT2D eigenvalue weighted by Gasteiger charge is 2.23. The molecule has 3 heteroatoms. The zero-order valence-corrected chi connectivity index (χ0v) is 13.6. The summed E-state index contributed by atoms with van der Waals surface area (Å²) in [5.74, 6) is 0.533. The molecule has 3 nitrogen and oxygen atoms in total. The van der Waals surface area contributed by atoms with Gasteiger partial charge < -0.3 is 4.74 Å². The molecular formula is C18H27NO2. The lowest BCUT2D eigenvalue weighted by atomic mass is 9.83. The maximum absolute atomic E-state index is 12.2. The molecule has 1 aromatic heterocycles. The van der Waals surface area contributed by atoms with Crippen LogP contribution in [-0.4, -0.2) is 17.6 Å². The van der Waals surface area contributed by atoms with Gasteiger partial charge in [-0.2, -0.15) is 0 Å². The summed E-state index contributed by atoms with van der Waals surface area (Å²) >= 11 is 0. The van der Waals surface area contributed by atoms with Gasteiger partial charge >= 0.3 is 5.97 Å². The Balaban J connectivity index is 2.31. The quantitative estimate of drug-likeness (QED) is 0.740. The van der Waals surface area contributed by atoms with Gasteiger partial charge in [0.1, 0.15) is 0 Å². The van der Waals surface area contributed by atoms with Crippen LogP contribution in [0, 0.1) is 5.92 Å². The van der Waals surface area contributed by atoms with Gasteiger partial charge in [-0.1, -0.05) is 33.1 Å². The van der Waals surface area contributed by atoms with Crippen molar-refractivity contribution in [1.82, 2.24) is 4.98 Å². The third kappa shape index (κ3) is 3.84. The molecule has 2 rings (SSSR count). The Morgan fingerprint density at radius 3 is 2.81 bits per heavy atom. The Morgan fingerprint density at radius 1 is 1.33 bits per heavy atom. The SMILES string of the molecule is CCCc1nc2c(cc1C(=O)OCC)CC(CCC)CC2. The van der Waals surface area contributed by atoms with E-state index in [9.17, 15) is 4.79 Å². The number of ether oxygens (including phenoxy) is 1. The normalized spacial score (nSPS) is 17.4. The van der Waals surface area contributed by atoms with Crippen LogP contribution >= 0.6 is 0 Å². The molecule has 1 aromatic rings. The molecule has 0 saturated heterocycles. The second-order valence-electron chi connectivity index (χ2n) is 5.96. The molecule has 1 aliphatic carbocycles. The number of rotatable bonds is 6. The minimum atomic E-state index is -0.214. The molecule has 0 saturated carbocycles. The number of esters is 1. The van der Waals surface area contributed by atoms with E-state index in [1.807, 2.05) is 6.92 Å². The van der Waals surface area contributed by atoms with E-state index in [1.54, 1.807) is 0 Å². The first-order chi connectivity index (χ1) is 10.2. The van der Waals surface area contributed by atoms with Crippen LogP contribution in [0.25, 0.3) is 0 Å². The lowest BCUT2D eigenvalue weighted by molar-refractivity contribution is 0.0524. The van der Waals surface area contributed by atoms with E-state index in [2.05, 4.69) is 19.9 Å². The number of carbonyl (C=O) groups is 1. The fourth-order valence-corrected chi connectivity index (χ4v) is 3.25. The largest absolute Gasteiger partial charge is 0.462 e. The Morgan fingerprint density at radius 2 is 2.14 bits per heavy atom. The second kappa shape index (κ2) is 7.58. The number of nitrogens with zero attached hydrogens (tertiary/aromatic N) is 1. The van der Waals surface area contributed by atoms with Crippen LogP contribution in [0.1, 0.15) is 73.8 Å². The summed E-state index contributed by atoms with van der Waals surface area (Å²) in [7, 11) is 0. The zero-order chi connectivity index (χ0) is 15.2. The van der Waals surface area contributed by atoms with Gasteiger partial charge in [-0.05, 0) is 50.2 Å². The van der Waals surface area contributed by atoms with Gasteiger partial charge in [-0.3, -0.25) is 4.98 Å². The number of carbonyl (C=O) groups excluding carboxylic acids is 1. The molecule has 1 unspecified atom stereocenters. The van der Waals surface area contributed by atoms with Crippen molar-refractivity contribution in [3.05, 3.63) is 28.6 Å². The first-order valence-corrected chi connectivity index (χ1v) is 8.38. The number of hydrogen-bond acceptors (Lipinski definition) is 3. The maximum atomic E-state index is 12.2. The summed E-state index contributed by atoms with van der Waals surface area (Å²) < 4.78 is 5.20. The van der Waals surface area contributed by atoms with Crippen molar-refractivity contribution >= 4 is 5.97 Å². The average Bonchev–Trinajstić information content (AvgIpc) is 2.47. The van der Waals surface area contributed by atoms with Crippen molar-refractivity contribution in [2.75, 3.05) is 6.61 Å². The van der Waals surface area contributed by atoms with Gasteiger partial charge in [0.05, 0.1) is 17.9 Å². The summed E-state index contributed by atoms with van der Waals surface area (Å²) in [6.07, 6.45) is 7.69. The van der Waals surface area contributed by atoms with Gasteiger partial charge in [0.2, 0.25) is 0 Å². The van der Waals surface area contributed by atoms with Gasteiger partial charge in [-0.25, -0.2) is 4.79 Å². The smallest absolute Gasteiger partial charge is 0.339 e. The lowest BCUT2D eigenvalue weighted by Gasteiger charge is -2.25. The summed E-state index contributed by atoms with van der Waals surface area (Å²) in [6, 6.07) is 2.06. The van der Waals surface area contributed by atoms with Gasteiger partial charge in [-0.15, -0.1) is 0 Å². The van der Waals surface area contributed by atoms with E-state index >= 15 is 0 Å². The number of aryl methyl sites for hydroxylation is 2. The summed E-state index contributed by atoms with van der Waals surface area (Å²) in [5, 5.41) is 0. The highest BCUT2D eigenvalue weighted by Crippen LogP contribution is 2.29. The Labute approximate surface area is 128 Å². The minimum Gasteiger partial charge on any atom is -0.462 e. The molecule has 21 heavy (non-hydrogen) atoms. The molecule has 1 heterocycles. The highest BCUT2D eigenvalue weighted by atomic mass is 16.5. The van der Waals surface area contributed by atoms with Crippen LogP contribution in [0.5, 0.6) is 0 Å². The van der Waals surface area contributed by atoms with Gasteiger partial charge in [0.15, 0.2) is 0 Å². The van der Waals surface area contributed by atoms with Gasteiger partial charge in [0, 0.05) is 5.69 Å². The van der Waals surface area contributed by atoms with E-state index in [1.165, 1.54) is 30.5 Å². The Kier molecular flexibility index (Phi) is 5.77. The molecule has 0 radical (unpaired) electrons. The van der Waals surface area contributed by atoms with Crippen molar-refractivity contribution in [2.24, 2.45) is 5.92 Å². The molecule has 0 spiro atoms. The lowest BCUT2D eigenvalue weighted by Crippen LogP contribution is -2.19. The van der Waals surface area contributed by atoms with Crippen LogP contribution in [-0.2, 0) is 24.0 Å². The van der Waals surface area contributed by atoms with E-state index in [0.717, 1.165) is 37.3 Å². The standard InChI is InChI=1S/C18H27NO2/c1-4-7-13-9-10-16-14(11-13)12-15(18(20)21-6-3)17(19-16)8-5-2/h12-13H,4-11H2,1-3H3. The van der Waals surface area contributed by atoms with Crippen molar-refractivity contribution in [2.45, 2.75) is 65.7 Å². The number of aromatic nitrogens is 1. The summed E-state index contributed by atoms with van der Waals surface area (Å²) in [6.45, 7) is 6.62. The first-order valence-electron chi connectivity index (χ1n) is 8.38. The monoisotopic (exact) mass is 289 g/mol. The van der Waals surface area contributed by atoms with Crippen molar-refractivity contribution in [3.8, 4) is 0 Å². The fraction of sp³-hybridized carbons (Fsp3) is 0.667. The topological polar surface area (TPSA) is 39.2 Å². The number of fused-ring (bicyclic) bond motifs is 1. The number of pyridine rings is 1. The van der Waals surface area contributed by atoms with Crippen molar-refractivity contribution < 1.29 is 9.53 Å². The molecule has 0 N–H and O–H groups in total. The molecule has 0 amide bonds. The van der Waals surface area contributed by atoms with E-state index in [4.69, 9.17) is 9.72 Å². The van der Waals surface area contributed by atoms with Crippen LogP contribution in [0.3, 0.4) is 0 Å². The predicted octanol–water partition coefficient (Wildman–Crippen LogP) is 4.12.